The highest BCUT2D eigenvalue weighted by molar-refractivity contribution is 8.00. The van der Waals surface area contributed by atoms with Gasteiger partial charge in [0.15, 0.2) is 10.2 Å². The Morgan fingerprint density at radius 1 is 1.05 bits per heavy atom. The van der Waals surface area contributed by atoms with Gasteiger partial charge >= 0.3 is 0 Å². The summed E-state index contributed by atoms with van der Waals surface area (Å²) in [6.45, 7) is 12.4. The summed E-state index contributed by atoms with van der Waals surface area (Å²) in [7, 11) is 0. The van der Waals surface area contributed by atoms with E-state index in [0.717, 1.165) is 16.0 Å². The van der Waals surface area contributed by atoms with Gasteiger partial charge in [0.1, 0.15) is 5.82 Å². The Kier molecular flexibility index (Phi) is 3.81. The van der Waals surface area contributed by atoms with Crippen LogP contribution in [0.15, 0.2) is 9.50 Å². The molecule has 2 aromatic rings. The second kappa shape index (κ2) is 5.00. The van der Waals surface area contributed by atoms with Crippen molar-refractivity contribution in [3.63, 3.8) is 0 Å². The molecule has 20 heavy (non-hydrogen) atoms. The molecule has 0 spiro atoms. The first-order chi connectivity index (χ1) is 9.09. The SMILES string of the molecule is CC(C)(C)c1nsc(Sc2nnc(C(C)(C)C)n2N)n1. The van der Waals surface area contributed by atoms with Gasteiger partial charge in [0.05, 0.1) is 0 Å². The molecule has 0 aromatic carbocycles. The van der Waals surface area contributed by atoms with Gasteiger partial charge in [-0.3, -0.25) is 0 Å². The highest BCUT2D eigenvalue weighted by Gasteiger charge is 2.25. The van der Waals surface area contributed by atoms with Crippen LogP contribution < -0.4 is 5.84 Å². The van der Waals surface area contributed by atoms with E-state index < -0.39 is 0 Å². The molecule has 0 aliphatic heterocycles. The number of nitrogens with zero attached hydrogens (tertiary/aromatic N) is 5. The summed E-state index contributed by atoms with van der Waals surface area (Å²) in [6, 6.07) is 0. The topological polar surface area (TPSA) is 82.5 Å². The molecule has 2 N–H and O–H groups in total. The summed E-state index contributed by atoms with van der Waals surface area (Å²) >= 11 is 2.76. The van der Waals surface area contributed by atoms with Crippen molar-refractivity contribution in [2.45, 2.75) is 61.9 Å². The van der Waals surface area contributed by atoms with Gasteiger partial charge < -0.3 is 5.84 Å². The Labute approximate surface area is 127 Å². The van der Waals surface area contributed by atoms with Gasteiger partial charge in [-0.05, 0) is 23.3 Å². The van der Waals surface area contributed by atoms with E-state index in [4.69, 9.17) is 5.84 Å². The first-order valence-electron chi connectivity index (χ1n) is 6.32. The number of hydrogen-bond acceptors (Lipinski definition) is 7. The smallest absolute Gasteiger partial charge is 0.216 e. The molecule has 0 atom stereocenters. The molecule has 0 saturated heterocycles. The summed E-state index contributed by atoms with van der Waals surface area (Å²) in [5, 5.41) is 8.93. The number of rotatable bonds is 2. The van der Waals surface area contributed by atoms with E-state index in [0.29, 0.717) is 5.16 Å². The molecule has 0 aliphatic carbocycles. The molecule has 0 bridgehead atoms. The monoisotopic (exact) mass is 312 g/mol. The summed E-state index contributed by atoms with van der Waals surface area (Å²) < 4.78 is 6.74. The van der Waals surface area contributed by atoms with Crippen molar-refractivity contribution in [1.29, 1.82) is 0 Å². The fourth-order valence-corrected chi connectivity index (χ4v) is 3.14. The summed E-state index contributed by atoms with van der Waals surface area (Å²) in [5.41, 5.74) is -0.194. The third-order valence-electron chi connectivity index (χ3n) is 2.59. The van der Waals surface area contributed by atoms with Crippen LogP contribution in [-0.2, 0) is 10.8 Å². The molecule has 0 saturated carbocycles. The maximum atomic E-state index is 6.06. The Morgan fingerprint density at radius 3 is 2.15 bits per heavy atom. The van der Waals surface area contributed by atoms with Gasteiger partial charge in [-0.25, -0.2) is 9.66 Å². The minimum Gasteiger partial charge on any atom is -0.336 e. The fraction of sp³-hybridized carbons (Fsp3) is 0.667. The van der Waals surface area contributed by atoms with E-state index in [1.807, 2.05) is 0 Å². The minimum atomic E-state index is -0.141. The van der Waals surface area contributed by atoms with E-state index in [9.17, 15) is 0 Å². The average Bonchev–Trinajstić information content (AvgIpc) is 2.85. The van der Waals surface area contributed by atoms with Gasteiger partial charge in [0.2, 0.25) is 5.16 Å². The predicted molar refractivity (Wildman–Crippen MR) is 81.6 cm³/mol. The Hall–Kier alpha value is -1.15. The molecule has 6 nitrogen and oxygen atoms in total. The third-order valence-corrected chi connectivity index (χ3v) is 4.30. The van der Waals surface area contributed by atoms with Crippen LogP contribution in [0.25, 0.3) is 0 Å². The molecule has 2 aromatic heterocycles. The largest absolute Gasteiger partial charge is 0.336 e. The molecule has 0 fully saturated rings. The van der Waals surface area contributed by atoms with Crippen molar-refractivity contribution < 1.29 is 0 Å². The normalized spacial score (nSPS) is 12.9. The van der Waals surface area contributed by atoms with E-state index in [-0.39, 0.29) is 10.8 Å². The number of aromatic nitrogens is 5. The zero-order valence-electron chi connectivity index (χ0n) is 12.6. The number of nitrogen functional groups attached to an aromatic ring is 1. The molecular formula is C12H20N6S2. The van der Waals surface area contributed by atoms with Crippen molar-refractivity contribution in [3.05, 3.63) is 11.6 Å². The van der Waals surface area contributed by atoms with Crippen LogP contribution in [0.5, 0.6) is 0 Å². The predicted octanol–water partition coefficient (Wildman–Crippen LogP) is 2.59. The van der Waals surface area contributed by atoms with Crippen LogP contribution in [0.1, 0.15) is 53.2 Å². The Morgan fingerprint density at radius 2 is 1.70 bits per heavy atom. The van der Waals surface area contributed by atoms with Crippen LogP contribution in [0.2, 0.25) is 0 Å². The number of nitrogens with two attached hydrogens (primary N) is 1. The second-order valence-corrected chi connectivity index (χ2v) is 8.63. The van der Waals surface area contributed by atoms with Crippen molar-refractivity contribution in [3.8, 4) is 0 Å². The molecule has 0 aliphatic rings. The maximum absolute atomic E-state index is 6.06. The van der Waals surface area contributed by atoms with Gasteiger partial charge in [-0.15, -0.1) is 10.2 Å². The fourth-order valence-electron chi connectivity index (χ4n) is 1.49. The van der Waals surface area contributed by atoms with Crippen molar-refractivity contribution in [1.82, 2.24) is 24.2 Å². The van der Waals surface area contributed by atoms with Crippen molar-refractivity contribution >= 4 is 23.3 Å². The van der Waals surface area contributed by atoms with Crippen LogP contribution in [0.4, 0.5) is 0 Å². The lowest BCUT2D eigenvalue weighted by atomic mass is 9.96. The lowest BCUT2D eigenvalue weighted by molar-refractivity contribution is 0.523. The molecule has 2 rings (SSSR count). The standard InChI is InChI=1S/C12H20N6S2/c1-11(2,3)7-14-10(20-17-7)19-9-16-15-8(18(9)13)12(4,5)6/h13H2,1-6H3. The highest BCUT2D eigenvalue weighted by Crippen LogP contribution is 2.31. The molecule has 110 valence electrons. The van der Waals surface area contributed by atoms with E-state index >= 15 is 0 Å². The van der Waals surface area contributed by atoms with Gasteiger partial charge in [0, 0.05) is 10.8 Å². The molecular weight excluding hydrogens is 292 g/mol. The second-order valence-electron chi connectivity index (χ2n) is 6.66. The Balaban J connectivity index is 2.23. The van der Waals surface area contributed by atoms with E-state index in [1.165, 1.54) is 28.0 Å². The highest BCUT2D eigenvalue weighted by atomic mass is 32.2. The van der Waals surface area contributed by atoms with Crippen molar-refractivity contribution in [2.75, 3.05) is 5.84 Å². The van der Waals surface area contributed by atoms with Gasteiger partial charge in [-0.1, -0.05) is 41.5 Å². The third kappa shape index (κ3) is 3.12. The van der Waals surface area contributed by atoms with Gasteiger partial charge in [-0.2, -0.15) is 4.37 Å². The molecule has 8 heteroatoms. The van der Waals surface area contributed by atoms with Crippen LogP contribution >= 0.6 is 23.3 Å². The number of hydrogen-bond donors (Lipinski definition) is 1. The summed E-state index contributed by atoms with van der Waals surface area (Å²) in [4.78, 5) is 4.52. The summed E-state index contributed by atoms with van der Waals surface area (Å²) in [6.07, 6.45) is 0. The van der Waals surface area contributed by atoms with E-state index in [1.54, 1.807) is 0 Å². The van der Waals surface area contributed by atoms with Gasteiger partial charge in [0.25, 0.3) is 0 Å². The van der Waals surface area contributed by atoms with Crippen LogP contribution in [0, 0.1) is 0 Å². The summed E-state index contributed by atoms with van der Waals surface area (Å²) in [5.74, 6) is 7.64. The average molecular weight is 312 g/mol. The van der Waals surface area contributed by atoms with Crippen LogP contribution in [-0.4, -0.2) is 24.2 Å². The molecule has 0 radical (unpaired) electrons. The molecule has 0 unspecified atom stereocenters. The lowest BCUT2D eigenvalue weighted by Crippen LogP contribution is -2.24. The quantitative estimate of drug-likeness (QED) is 0.858. The zero-order chi connectivity index (χ0) is 15.1. The van der Waals surface area contributed by atoms with Crippen molar-refractivity contribution in [2.24, 2.45) is 0 Å². The van der Waals surface area contributed by atoms with E-state index in [2.05, 4.69) is 61.1 Å². The first kappa shape index (κ1) is 15.2. The minimum absolute atomic E-state index is 0.0533. The zero-order valence-corrected chi connectivity index (χ0v) is 14.3. The molecule has 0 amide bonds. The Bertz CT molecular complexity index is 602. The molecule has 2 heterocycles. The first-order valence-corrected chi connectivity index (χ1v) is 7.91. The van der Waals surface area contributed by atoms with Crippen LogP contribution in [0.3, 0.4) is 0 Å². The maximum Gasteiger partial charge on any atom is 0.216 e. The lowest BCUT2D eigenvalue weighted by Gasteiger charge is -2.16.